The number of likely N-dealkylation sites (tertiary alicyclic amines) is 1. The number of hydrogen-bond acceptors (Lipinski definition) is 5. The van der Waals surface area contributed by atoms with Gasteiger partial charge in [0.15, 0.2) is 10.6 Å². The second kappa shape index (κ2) is 9.95. The van der Waals surface area contributed by atoms with Crippen LogP contribution >= 0.6 is 12.2 Å². The van der Waals surface area contributed by atoms with Gasteiger partial charge in [-0.2, -0.15) is 5.10 Å². The third-order valence-electron chi connectivity index (χ3n) is 6.86. The predicted molar refractivity (Wildman–Crippen MR) is 137 cm³/mol. The summed E-state index contributed by atoms with van der Waals surface area (Å²) < 4.78 is 13.0. The molecule has 1 aliphatic rings. The molecule has 0 unspecified atom stereocenters. The van der Waals surface area contributed by atoms with Crippen LogP contribution < -0.4 is 9.47 Å². The molecule has 3 heterocycles. The summed E-state index contributed by atoms with van der Waals surface area (Å²) in [7, 11) is 3.32. The van der Waals surface area contributed by atoms with Crippen molar-refractivity contribution in [3.63, 3.8) is 0 Å². The Hall–Kier alpha value is -3.59. The molecule has 8 nitrogen and oxygen atoms in total. The SMILES string of the molecule is COc1ccc(-c2n[nH]c(=S)n2CCC(=O)N2CCC(c3c[nH]c4ccc(OC)cc34)CC2)cc1. The zero-order valence-electron chi connectivity index (χ0n) is 19.9. The standard InChI is InChI=1S/C26H29N5O3S/c1-33-19-5-3-18(4-6-19)25-28-29-26(35)31(25)14-11-24(32)30-12-9-17(10-13-30)22-16-27-23-8-7-20(34-2)15-21(22)23/h3-8,15-17,27H,9-14H2,1-2H3,(H,29,35). The van der Waals surface area contributed by atoms with E-state index in [-0.39, 0.29) is 5.91 Å². The molecule has 4 aromatic rings. The Morgan fingerprint density at radius 1 is 1.09 bits per heavy atom. The number of aromatic nitrogens is 4. The first-order valence-electron chi connectivity index (χ1n) is 11.8. The maximum absolute atomic E-state index is 13.0. The number of ether oxygens (including phenoxy) is 2. The molecule has 2 N–H and O–H groups in total. The lowest BCUT2D eigenvalue weighted by Gasteiger charge is -2.32. The molecule has 182 valence electrons. The molecule has 35 heavy (non-hydrogen) atoms. The summed E-state index contributed by atoms with van der Waals surface area (Å²) in [6.07, 6.45) is 4.37. The van der Waals surface area contributed by atoms with Crippen LogP contribution in [0.3, 0.4) is 0 Å². The van der Waals surface area contributed by atoms with Gasteiger partial charge in [-0.05, 0) is 79.0 Å². The van der Waals surface area contributed by atoms with Gasteiger partial charge in [0.2, 0.25) is 5.91 Å². The Morgan fingerprint density at radius 2 is 1.80 bits per heavy atom. The molecule has 2 aromatic carbocycles. The highest BCUT2D eigenvalue weighted by Gasteiger charge is 2.25. The molecular weight excluding hydrogens is 462 g/mol. The Kier molecular flexibility index (Phi) is 6.59. The number of benzene rings is 2. The van der Waals surface area contributed by atoms with E-state index in [1.54, 1.807) is 14.2 Å². The summed E-state index contributed by atoms with van der Waals surface area (Å²) in [6, 6.07) is 13.8. The topological polar surface area (TPSA) is 88.2 Å². The van der Waals surface area contributed by atoms with Crippen molar-refractivity contribution in [2.75, 3.05) is 27.3 Å². The average Bonchev–Trinajstić information content (AvgIpc) is 3.50. The number of hydrogen-bond donors (Lipinski definition) is 2. The number of piperidine rings is 1. The van der Waals surface area contributed by atoms with Crippen molar-refractivity contribution in [2.45, 2.75) is 31.7 Å². The molecule has 0 atom stereocenters. The summed E-state index contributed by atoms with van der Waals surface area (Å²) in [5.74, 6) is 2.92. The second-order valence-corrected chi connectivity index (χ2v) is 9.18. The van der Waals surface area contributed by atoms with Crippen molar-refractivity contribution in [3.8, 4) is 22.9 Å². The van der Waals surface area contributed by atoms with Gasteiger partial charge in [-0.3, -0.25) is 14.5 Å². The van der Waals surface area contributed by atoms with Gasteiger partial charge in [-0.15, -0.1) is 0 Å². The monoisotopic (exact) mass is 491 g/mol. The van der Waals surface area contributed by atoms with Crippen LogP contribution in [-0.4, -0.2) is 57.9 Å². The molecule has 5 rings (SSSR count). The highest BCUT2D eigenvalue weighted by Crippen LogP contribution is 2.35. The molecule has 0 radical (unpaired) electrons. The predicted octanol–water partition coefficient (Wildman–Crippen LogP) is 4.90. The van der Waals surface area contributed by atoms with Crippen LogP contribution in [-0.2, 0) is 11.3 Å². The third kappa shape index (κ3) is 4.68. The number of rotatable bonds is 7. The highest BCUT2D eigenvalue weighted by atomic mass is 32.1. The van der Waals surface area contributed by atoms with E-state index in [2.05, 4.69) is 33.5 Å². The lowest BCUT2D eigenvalue weighted by Crippen LogP contribution is -2.38. The van der Waals surface area contributed by atoms with Gasteiger partial charge in [0.05, 0.1) is 14.2 Å². The quantitative estimate of drug-likeness (QED) is 0.359. The Bertz CT molecular complexity index is 1380. The van der Waals surface area contributed by atoms with Crippen LogP contribution in [0.5, 0.6) is 11.5 Å². The highest BCUT2D eigenvalue weighted by molar-refractivity contribution is 7.71. The summed E-state index contributed by atoms with van der Waals surface area (Å²) >= 11 is 5.43. The van der Waals surface area contributed by atoms with Crippen molar-refractivity contribution in [3.05, 3.63) is 59.0 Å². The largest absolute Gasteiger partial charge is 0.497 e. The second-order valence-electron chi connectivity index (χ2n) is 8.79. The van der Waals surface area contributed by atoms with E-state index in [0.29, 0.717) is 23.7 Å². The number of carbonyl (C=O) groups excluding carboxylic acids is 1. The van der Waals surface area contributed by atoms with E-state index in [4.69, 9.17) is 21.7 Å². The average molecular weight is 492 g/mol. The van der Waals surface area contributed by atoms with E-state index in [1.165, 1.54) is 10.9 Å². The zero-order valence-corrected chi connectivity index (χ0v) is 20.7. The smallest absolute Gasteiger partial charge is 0.224 e. The van der Waals surface area contributed by atoms with Crippen LogP contribution in [0.15, 0.2) is 48.7 Å². The van der Waals surface area contributed by atoms with Crippen LogP contribution in [0.25, 0.3) is 22.3 Å². The van der Waals surface area contributed by atoms with E-state index in [9.17, 15) is 4.79 Å². The minimum absolute atomic E-state index is 0.146. The molecule has 2 aromatic heterocycles. The number of nitrogens with zero attached hydrogens (tertiary/aromatic N) is 3. The van der Waals surface area contributed by atoms with Crippen molar-refractivity contribution in [1.82, 2.24) is 24.6 Å². The van der Waals surface area contributed by atoms with E-state index in [0.717, 1.165) is 54.3 Å². The van der Waals surface area contributed by atoms with Gasteiger partial charge in [0.1, 0.15) is 11.5 Å². The van der Waals surface area contributed by atoms with Gasteiger partial charge in [0.25, 0.3) is 0 Å². The number of H-pyrrole nitrogens is 2. The summed E-state index contributed by atoms with van der Waals surface area (Å²) in [4.78, 5) is 18.4. The zero-order chi connectivity index (χ0) is 24.4. The number of fused-ring (bicyclic) bond motifs is 1. The third-order valence-corrected chi connectivity index (χ3v) is 7.18. The van der Waals surface area contributed by atoms with Crippen molar-refractivity contribution < 1.29 is 14.3 Å². The lowest BCUT2D eigenvalue weighted by atomic mass is 9.89. The first-order chi connectivity index (χ1) is 17.1. The lowest BCUT2D eigenvalue weighted by molar-refractivity contribution is -0.132. The number of aromatic amines is 2. The number of nitrogens with one attached hydrogen (secondary N) is 2. The minimum Gasteiger partial charge on any atom is -0.497 e. The van der Waals surface area contributed by atoms with Crippen LogP contribution in [0.2, 0.25) is 0 Å². The van der Waals surface area contributed by atoms with E-state index < -0.39 is 0 Å². The molecular formula is C26H29N5O3S. The Labute approximate surface area is 208 Å². The van der Waals surface area contributed by atoms with Crippen molar-refractivity contribution in [1.29, 1.82) is 0 Å². The van der Waals surface area contributed by atoms with Crippen molar-refractivity contribution >= 4 is 29.0 Å². The maximum atomic E-state index is 13.0. The fraction of sp³-hybridized carbons (Fsp3) is 0.346. The molecule has 0 bridgehead atoms. The maximum Gasteiger partial charge on any atom is 0.224 e. The van der Waals surface area contributed by atoms with Gasteiger partial charge >= 0.3 is 0 Å². The molecule has 1 aliphatic heterocycles. The number of amides is 1. The summed E-state index contributed by atoms with van der Waals surface area (Å²) in [6.45, 7) is 1.99. The van der Waals surface area contributed by atoms with Gasteiger partial charge < -0.3 is 19.4 Å². The molecule has 0 spiro atoms. The Balaban J connectivity index is 1.21. The Morgan fingerprint density at radius 3 is 2.51 bits per heavy atom. The number of methoxy groups -OCH3 is 2. The van der Waals surface area contributed by atoms with Crippen LogP contribution in [0, 0.1) is 4.77 Å². The summed E-state index contributed by atoms with van der Waals surface area (Å²) in [5, 5.41) is 8.44. The molecule has 1 saturated heterocycles. The molecule has 0 saturated carbocycles. The molecule has 9 heteroatoms. The van der Waals surface area contributed by atoms with E-state index >= 15 is 0 Å². The fourth-order valence-corrected chi connectivity index (χ4v) is 5.10. The first-order valence-corrected chi connectivity index (χ1v) is 12.2. The van der Waals surface area contributed by atoms with Gasteiger partial charge in [0, 0.05) is 48.7 Å². The molecule has 1 amide bonds. The van der Waals surface area contributed by atoms with E-state index in [1.807, 2.05) is 39.8 Å². The van der Waals surface area contributed by atoms with Gasteiger partial charge in [-0.1, -0.05) is 0 Å². The molecule has 0 aliphatic carbocycles. The van der Waals surface area contributed by atoms with Crippen LogP contribution in [0.1, 0.15) is 30.7 Å². The van der Waals surface area contributed by atoms with Crippen molar-refractivity contribution in [2.24, 2.45) is 0 Å². The molecule has 1 fully saturated rings. The first kappa shape index (κ1) is 23.2. The minimum atomic E-state index is 0.146. The van der Waals surface area contributed by atoms with Gasteiger partial charge in [-0.25, -0.2) is 0 Å². The van der Waals surface area contributed by atoms with Crippen LogP contribution in [0.4, 0.5) is 0 Å². The summed E-state index contributed by atoms with van der Waals surface area (Å²) in [5.41, 5.74) is 3.34. The fourth-order valence-electron chi connectivity index (χ4n) is 4.88. The number of carbonyl (C=O) groups is 1. The normalized spacial score (nSPS) is 14.4.